The number of likely N-dealkylation sites (N-methyl/N-ethyl adjacent to an activating group) is 1. The van der Waals surface area contributed by atoms with Crippen molar-refractivity contribution in [3.63, 3.8) is 0 Å². The van der Waals surface area contributed by atoms with Gasteiger partial charge in [-0.25, -0.2) is 14.8 Å². The second-order valence-corrected chi connectivity index (χ2v) is 26.7. The Kier molecular flexibility index (Phi) is 18.2. The van der Waals surface area contributed by atoms with Crippen LogP contribution in [-0.2, 0) is 25.7 Å². The number of carboxylic acid groups (broad SMARTS) is 1. The van der Waals surface area contributed by atoms with Crippen LogP contribution in [0.1, 0.15) is 184 Å². The second-order valence-electron chi connectivity index (χ2n) is 25.8. The zero-order chi connectivity index (χ0) is 55.3. The van der Waals surface area contributed by atoms with Crippen LogP contribution in [0.4, 0.5) is 0 Å². The van der Waals surface area contributed by atoms with Crippen LogP contribution in [0.15, 0.2) is 54.3 Å². The van der Waals surface area contributed by atoms with Gasteiger partial charge in [-0.05, 0) is 125 Å². The highest BCUT2D eigenvalue weighted by Gasteiger charge is 2.66. The molecule has 9 rings (SSSR count). The number of aliphatic hydroxyl groups excluding tert-OH is 1. The van der Waals surface area contributed by atoms with E-state index in [0.29, 0.717) is 12.0 Å². The minimum Gasteiger partial charge on any atom is -0.476 e. The normalized spacial score (nSPS) is 25.6. The molecule has 1 aromatic carbocycles. The number of thiazole rings is 1. The number of pyridine rings is 1. The standard InChI is InChI=1S/C61H88N8O7S/c1-41(44-22-24-45(25-23-44)52-42(2)63-40-77-52)65-54(72)49-30-46(70)32-68(49)55(73)53(57(4,5)6)66-50(71)21-17-15-13-11-10-12-14-16-18-27-67(9)28-29-76-61-36-58(7)33-59(8,37-61)35-60(34-58,38-61)39-69-43(3)48(31-64-69)47-20-19-26-62-51(47)56(74)75/h19-20,22-26,31,40-41,46,49,53,70H,10-18,21,27-30,32-39H2,1-9H3,(H,65,72)(H,66,71)(H,74,75)/t41-,46+,49-,53+,58?,59?,60?,61?/m0/s1. The summed E-state index contributed by atoms with van der Waals surface area (Å²) in [7, 11) is 2.22. The zero-order valence-corrected chi connectivity index (χ0v) is 48.4. The summed E-state index contributed by atoms with van der Waals surface area (Å²) in [5.74, 6) is -1.86. The summed E-state index contributed by atoms with van der Waals surface area (Å²) in [6.07, 6.45) is 19.7. The smallest absolute Gasteiger partial charge is 0.355 e. The molecule has 3 amide bonds. The number of hydrogen-bond acceptors (Lipinski definition) is 11. The molecule has 3 aromatic heterocycles. The van der Waals surface area contributed by atoms with Crippen molar-refractivity contribution >= 4 is 35.0 Å². The number of aromatic nitrogens is 4. The fourth-order valence-corrected chi connectivity index (χ4v) is 15.6. The highest BCUT2D eigenvalue weighted by molar-refractivity contribution is 7.13. The van der Waals surface area contributed by atoms with E-state index in [4.69, 9.17) is 9.84 Å². The van der Waals surface area contributed by atoms with Crippen molar-refractivity contribution in [3.05, 3.63) is 76.9 Å². The number of aryl methyl sites for hydroxylation is 1. The number of hydrogen-bond donors (Lipinski definition) is 4. The number of likely N-dealkylation sites (tertiary alicyclic amines) is 1. The predicted octanol–water partition coefficient (Wildman–Crippen LogP) is 10.7. The predicted molar refractivity (Wildman–Crippen MR) is 302 cm³/mol. The largest absolute Gasteiger partial charge is 0.476 e. The lowest BCUT2D eigenvalue weighted by Crippen LogP contribution is -2.64. The number of unbranched alkanes of at least 4 members (excludes halogenated alkanes) is 8. The number of aliphatic hydroxyl groups is 1. The Morgan fingerprint density at radius 1 is 0.857 bits per heavy atom. The maximum Gasteiger partial charge on any atom is 0.355 e. The molecule has 1 aliphatic heterocycles. The fourth-order valence-electron chi connectivity index (χ4n) is 14.8. The molecule has 6 atom stereocenters. The number of carbonyl (C=O) groups excluding carboxylic acids is 3. The Morgan fingerprint density at radius 3 is 2.16 bits per heavy atom. The molecular formula is C61H88N8O7S. The van der Waals surface area contributed by atoms with Gasteiger partial charge in [-0.15, -0.1) is 11.3 Å². The minimum absolute atomic E-state index is 0.0409. The van der Waals surface area contributed by atoms with Gasteiger partial charge in [0.15, 0.2) is 5.69 Å². The molecule has 5 fully saturated rings. The summed E-state index contributed by atoms with van der Waals surface area (Å²) in [6.45, 7) is 20.2. The van der Waals surface area contributed by atoms with Gasteiger partial charge in [-0.2, -0.15) is 5.10 Å². The van der Waals surface area contributed by atoms with Crippen molar-refractivity contribution < 1.29 is 34.1 Å². The van der Waals surface area contributed by atoms with E-state index in [9.17, 15) is 29.4 Å². The number of amides is 3. The first-order valence-electron chi connectivity index (χ1n) is 28.6. The van der Waals surface area contributed by atoms with Crippen LogP contribution in [-0.4, -0.2) is 121 Å². The molecule has 15 nitrogen and oxygen atoms in total. The summed E-state index contributed by atoms with van der Waals surface area (Å²) in [4.78, 5) is 66.7. The molecule has 420 valence electrons. The lowest BCUT2D eigenvalue weighted by molar-refractivity contribution is -0.248. The van der Waals surface area contributed by atoms with Crippen LogP contribution in [0.25, 0.3) is 21.6 Å². The second kappa shape index (κ2) is 24.1. The van der Waals surface area contributed by atoms with Crippen LogP contribution in [0, 0.1) is 35.5 Å². The summed E-state index contributed by atoms with van der Waals surface area (Å²) >= 11 is 1.59. The van der Waals surface area contributed by atoms with Gasteiger partial charge in [0.2, 0.25) is 17.7 Å². The Hall–Kier alpha value is -5.03. The summed E-state index contributed by atoms with van der Waals surface area (Å²) in [6, 6.07) is 9.66. The van der Waals surface area contributed by atoms with Crippen LogP contribution in [0.5, 0.6) is 0 Å². The number of carbonyl (C=O) groups is 4. The van der Waals surface area contributed by atoms with Gasteiger partial charge in [0.1, 0.15) is 12.1 Å². The summed E-state index contributed by atoms with van der Waals surface area (Å²) < 4.78 is 9.18. The lowest BCUT2D eigenvalue weighted by atomic mass is 9.39. The maximum atomic E-state index is 14.2. The third-order valence-electron chi connectivity index (χ3n) is 17.4. The zero-order valence-electron chi connectivity index (χ0n) is 47.6. The fraction of sp³-hybridized carbons (Fsp3) is 0.656. The molecule has 0 spiro atoms. The summed E-state index contributed by atoms with van der Waals surface area (Å²) in [5.41, 5.74) is 7.07. The molecule has 5 aliphatic rings. The van der Waals surface area contributed by atoms with Gasteiger partial charge in [0.05, 0.1) is 46.6 Å². The van der Waals surface area contributed by atoms with Crippen molar-refractivity contribution in [2.45, 2.75) is 201 Å². The molecule has 4 aliphatic carbocycles. The van der Waals surface area contributed by atoms with Crippen molar-refractivity contribution in [3.8, 4) is 21.6 Å². The van der Waals surface area contributed by atoms with Gasteiger partial charge in [-0.3, -0.25) is 19.1 Å². The van der Waals surface area contributed by atoms with E-state index in [1.165, 1.54) is 49.6 Å². The average molecular weight is 1080 g/mol. The molecular weight excluding hydrogens is 989 g/mol. The number of ether oxygens (including phenoxy) is 1. The van der Waals surface area contributed by atoms with Crippen molar-refractivity contribution in [2.75, 3.05) is 33.3 Å². The molecule has 4 aromatic rings. The molecule has 77 heavy (non-hydrogen) atoms. The number of carboxylic acids is 1. The lowest BCUT2D eigenvalue weighted by Gasteiger charge is -2.69. The van der Waals surface area contributed by atoms with Gasteiger partial charge in [0.25, 0.3) is 0 Å². The minimum atomic E-state index is -1.03. The summed E-state index contributed by atoms with van der Waals surface area (Å²) in [5, 5.41) is 31.5. The number of rotatable bonds is 26. The molecule has 4 saturated carbocycles. The number of nitrogens with one attached hydrogen (secondary N) is 2. The van der Waals surface area contributed by atoms with Crippen LogP contribution < -0.4 is 10.6 Å². The quantitative estimate of drug-likeness (QED) is 0.0438. The molecule has 2 unspecified atom stereocenters. The monoisotopic (exact) mass is 1080 g/mol. The van der Waals surface area contributed by atoms with Gasteiger partial charge in [0, 0.05) is 55.5 Å². The van der Waals surface area contributed by atoms with Crippen LogP contribution in [0.2, 0.25) is 0 Å². The van der Waals surface area contributed by atoms with E-state index in [1.807, 2.05) is 76.7 Å². The molecule has 16 heteroatoms. The van der Waals surface area contributed by atoms with E-state index in [1.54, 1.807) is 17.4 Å². The van der Waals surface area contributed by atoms with Crippen LogP contribution >= 0.6 is 11.3 Å². The Morgan fingerprint density at radius 2 is 1.52 bits per heavy atom. The number of benzene rings is 1. The number of β-amino-alcohol motifs (C(OH)–C–C–N with tert-alkyl or cyclic N) is 1. The molecule has 4 N–H and O–H groups in total. The average Bonchev–Trinajstić information content (AvgIpc) is 4.10. The first kappa shape index (κ1) is 58.1. The van der Waals surface area contributed by atoms with E-state index in [0.717, 1.165) is 117 Å². The topological polar surface area (TPSA) is 192 Å². The highest BCUT2D eigenvalue weighted by atomic mass is 32.1. The molecule has 4 heterocycles. The Labute approximate surface area is 461 Å². The van der Waals surface area contributed by atoms with Gasteiger partial charge >= 0.3 is 5.97 Å². The van der Waals surface area contributed by atoms with Crippen molar-refractivity contribution in [2.24, 2.45) is 21.7 Å². The Balaban J connectivity index is 0.697. The molecule has 1 saturated heterocycles. The highest BCUT2D eigenvalue weighted by Crippen LogP contribution is 2.72. The third kappa shape index (κ3) is 14.1. The Bertz CT molecular complexity index is 2680. The first-order valence-corrected chi connectivity index (χ1v) is 29.5. The van der Waals surface area contributed by atoms with E-state index in [-0.39, 0.29) is 64.3 Å². The molecule has 0 radical (unpaired) electrons. The van der Waals surface area contributed by atoms with Crippen molar-refractivity contribution in [1.82, 2.24) is 40.2 Å². The van der Waals surface area contributed by atoms with Crippen molar-refractivity contribution in [1.29, 1.82) is 0 Å². The van der Waals surface area contributed by atoms with E-state index < -0.39 is 29.6 Å². The number of nitrogens with zero attached hydrogens (tertiary/aromatic N) is 6. The first-order chi connectivity index (χ1) is 36.5. The SMILES string of the molecule is Cc1ncsc1-c1ccc([C@H](C)NC(=O)[C@@H]2C[C@@H](O)CN2C(=O)[C@@H](NC(=O)CCCCCCCCCCCN(C)CCOC23CC4(C)CC(C)(CC(Cn5ncc(-c6cccnc6C(=O)O)c5C)(C4)C2)C3)C(C)(C)C)cc1. The van der Waals surface area contributed by atoms with E-state index in [2.05, 4.69) is 58.0 Å². The van der Waals surface area contributed by atoms with E-state index >= 15 is 0 Å². The molecule has 4 bridgehead atoms. The van der Waals surface area contributed by atoms with Gasteiger partial charge < -0.3 is 35.4 Å². The maximum absolute atomic E-state index is 14.2. The van der Waals surface area contributed by atoms with Gasteiger partial charge in [-0.1, -0.05) is 110 Å². The third-order valence-corrected chi connectivity index (χ3v) is 18.4. The number of aromatic carboxylic acids is 1. The van der Waals surface area contributed by atoms with Crippen LogP contribution in [0.3, 0.4) is 0 Å².